The van der Waals surface area contributed by atoms with Crippen molar-refractivity contribution < 1.29 is 5.11 Å². The second kappa shape index (κ2) is 4.50. The van der Waals surface area contributed by atoms with E-state index < -0.39 is 6.10 Å². The van der Waals surface area contributed by atoms with Gasteiger partial charge in [0.15, 0.2) is 0 Å². The topological polar surface area (TPSA) is 20.2 Å². The highest BCUT2D eigenvalue weighted by Gasteiger charge is 2.10. The fourth-order valence-corrected chi connectivity index (χ4v) is 1.98. The van der Waals surface area contributed by atoms with Crippen LogP contribution in [0.25, 0.3) is 10.8 Å². The Morgan fingerprint density at radius 2 is 1.88 bits per heavy atom. The largest absolute Gasteiger partial charge is 0.388 e. The average molecular weight is 212 g/mol. The molecule has 2 rings (SSSR count). The molecule has 1 nitrogen and oxygen atoms in total. The fourth-order valence-electron chi connectivity index (χ4n) is 1.98. The summed E-state index contributed by atoms with van der Waals surface area (Å²) in [7, 11) is 0. The van der Waals surface area contributed by atoms with E-state index in [1.807, 2.05) is 37.3 Å². The van der Waals surface area contributed by atoms with Crippen molar-refractivity contribution in [2.24, 2.45) is 0 Å². The van der Waals surface area contributed by atoms with Crippen LogP contribution in [-0.2, 0) is 0 Å². The summed E-state index contributed by atoms with van der Waals surface area (Å²) in [4.78, 5) is 0. The van der Waals surface area contributed by atoms with Gasteiger partial charge in [0.2, 0.25) is 0 Å². The molecule has 0 radical (unpaired) electrons. The Hall–Kier alpha value is -1.60. The highest BCUT2D eigenvalue weighted by Crippen LogP contribution is 2.27. The zero-order chi connectivity index (χ0) is 11.5. The lowest BCUT2D eigenvalue weighted by atomic mass is 9.97. The molecule has 0 fully saturated rings. The number of fused-ring (bicyclic) bond motifs is 1. The minimum absolute atomic E-state index is 0.455. The van der Waals surface area contributed by atoms with Crippen molar-refractivity contribution in [3.05, 3.63) is 60.2 Å². The van der Waals surface area contributed by atoms with E-state index in [2.05, 4.69) is 18.7 Å². The zero-order valence-corrected chi connectivity index (χ0v) is 9.48. The Morgan fingerprint density at radius 1 is 1.19 bits per heavy atom. The summed E-state index contributed by atoms with van der Waals surface area (Å²) in [5.41, 5.74) is 1.99. The van der Waals surface area contributed by atoms with Crippen molar-refractivity contribution in [1.82, 2.24) is 0 Å². The van der Waals surface area contributed by atoms with E-state index in [-0.39, 0.29) is 0 Å². The Labute approximate surface area is 96.0 Å². The summed E-state index contributed by atoms with van der Waals surface area (Å²) in [5.74, 6) is 0. The highest BCUT2D eigenvalue weighted by atomic mass is 16.3. The molecular formula is C15H16O. The first-order valence-corrected chi connectivity index (χ1v) is 5.48. The third kappa shape index (κ3) is 2.15. The van der Waals surface area contributed by atoms with Crippen LogP contribution in [0.2, 0.25) is 0 Å². The molecule has 1 N–H and O–H groups in total. The Morgan fingerprint density at radius 3 is 2.62 bits per heavy atom. The molecule has 2 aromatic carbocycles. The van der Waals surface area contributed by atoms with Gasteiger partial charge in [-0.15, -0.1) is 6.58 Å². The molecule has 0 aliphatic heterocycles. The lowest BCUT2D eigenvalue weighted by Crippen LogP contribution is -1.98. The smallest absolute Gasteiger partial charge is 0.0832 e. The van der Waals surface area contributed by atoms with Gasteiger partial charge in [-0.05, 0) is 29.7 Å². The van der Waals surface area contributed by atoms with Crippen LogP contribution in [0.1, 0.15) is 25.0 Å². The van der Waals surface area contributed by atoms with Crippen LogP contribution in [0, 0.1) is 0 Å². The second-order valence-electron chi connectivity index (χ2n) is 4.25. The molecule has 16 heavy (non-hydrogen) atoms. The zero-order valence-electron chi connectivity index (χ0n) is 9.48. The third-order valence-electron chi connectivity index (χ3n) is 2.72. The fraction of sp³-hybridized carbons (Fsp3) is 0.200. The van der Waals surface area contributed by atoms with E-state index in [0.29, 0.717) is 6.42 Å². The van der Waals surface area contributed by atoms with E-state index in [0.717, 1.165) is 16.5 Å². The van der Waals surface area contributed by atoms with Crippen LogP contribution in [-0.4, -0.2) is 5.11 Å². The van der Waals surface area contributed by atoms with Gasteiger partial charge in [-0.2, -0.15) is 0 Å². The van der Waals surface area contributed by atoms with E-state index in [1.165, 1.54) is 5.39 Å². The minimum atomic E-state index is -0.455. The molecule has 82 valence electrons. The molecule has 1 atom stereocenters. The van der Waals surface area contributed by atoms with Crippen molar-refractivity contribution in [3.63, 3.8) is 0 Å². The van der Waals surface area contributed by atoms with E-state index in [4.69, 9.17) is 0 Å². The van der Waals surface area contributed by atoms with Crippen LogP contribution < -0.4 is 0 Å². The average Bonchev–Trinajstić information content (AvgIpc) is 2.27. The standard InChI is InChI=1S/C15H16O/c1-11(2)10-15(16)14-9-5-7-12-6-3-4-8-13(12)14/h3-9,15-16H,1,10H2,2H3. The molecule has 0 amide bonds. The highest BCUT2D eigenvalue weighted by molar-refractivity contribution is 5.85. The number of hydrogen-bond acceptors (Lipinski definition) is 1. The molecule has 1 heteroatoms. The van der Waals surface area contributed by atoms with E-state index in [9.17, 15) is 5.11 Å². The van der Waals surface area contributed by atoms with Crippen LogP contribution in [0.15, 0.2) is 54.6 Å². The summed E-state index contributed by atoms with van der Waals surface area (Å²) in [6.07, 6.45) is 0.164. The molecule has 0 heterocycles. The molecule has 0 aliphatic carbocycles. The van der Waals surface area contributed by atoms with Gasteiger partial charge in [-0.1, -0.05) is 48.0 Å². The summed E-state index contributed by atoms with van der Waals surface area (Å²) in [6, 6.07) is 14.1. The van der Waals surface area contributed by atoms with Crippen molar-refractivity contribution in [2.75, 3.05) is 0 Å². The van der Waals surface area contributed by atoms with Crippen molar-refractivity contribution in [1.29, 1.82) is 0 Å². The number of aliphatic hydroxyl groups excluding tert-OH is 1. The quantitative estimate of drug-likeness (QED) is 0.766. The number of benzene rings is 2. The molecule has 2 aromatic rings. The molecule has 0 bridgehead atoms. The maximum absolute atomic E-state index is 10.1. The Bertz CT molecular complexity index is 508. The van der Waals surface area contributed by atoms with Crippen LogP contribution in [0.5, 0.6) is 0 Å². The summed E-state index contributed by atoms with van der Waals surface area (Å²) >= 11 is 0. The molecular weight excluding hydrogens is 196 g/mol. The van der Waals surface area contributed by atoms with Crippen LogP contribution in [0.3, 0.4) is 0 Å². The van der Waals surface area contributed by atoms with Crippen molar-refractivity contribution in [2.45, 2.75) is 19.4 Å². The molecule has 0 spiro atoms. The number of rotatable bonds is 3. The predicted octanol–water partition coefficient (Wildman–Crippen LogP) is 3.84. The lowest BCUT2D eigenvalue weighted by Gasteiger charge is -2.13. The molecule has 0 aromatic heterocycles. The van der Waals surface area contributed by atoms with Crippen molar-refractivity contribution >= 4 is 10.8 Å². The number of hydrogen-bond donors (Lipinski definition) is 1. The van der Waals surface area contributed by atoms with E-state index >= 15 is 0 Å². The van der Waals surface area contributed by atoms with Gasteiger partial charge in [-0.3, -0.25) is 0 Å². The summed E-state index contributed by atoms with van der Waals surface area (Å²) in [5, 5.41) is 12.4. The maximum atomic E-state index is 10.1. The summed E-state index contributed by atoms with van der Waals surface area (Å²) in [6.45, 7) is 5.78. The van der Waals surface area contributed by atoms with Crippen molar-refractivity contribution in [3.8, 4) is 0 Å². The first kappa shape index (κ1) is 10.9. The van der Waals surface area contributed by atoms with Gasteiger partial charge in [0.1, 0.15) is 0 Å². The maximum Gasteiger partial charge on any atom is 0.0832 e. The summed E-state index contributed by atoms with van der Waals surface area (Å²) < 4.78 is 0. The molecule has 0 aliphatic rings. The first-order valence-electron chi connectivity index (χ1n) is 5.48. The third-order valence-corrected chi connectivity index (χ3v) is 2.72. The number of aliphatic hydroxyl groups is 1. The van der Waals surface area contributed by atoms with Gasteiger partial charge in [-0.25, -0.2) is 0 Å². The van der Waals surface area contributed by atoms with Gasteiger partial charge < -0.3 is 5.11 Å². The molecule has 0 saturated carbocycles. The second-order valence-corrected chi connectivity index (χ2v) is 4.25. The monoisotopic (exact) mass is 212 g/mol. The van der Waals surface area contributed by atoms with Crippen LogP contribution >= 0.6 is 0 Å². The molecule has 1 unspecified atom stereocenters. The first-order chi connectivity index (χ1) is 7.68. The molecule has 0 saturated heterocycles. The SMILES string of the molecule is C=C(C)CC(O)c1cccc2ccccc12. The lowest BCUT2D eigenvalue weighted by molar-refractivity contribution is 0.180. The van der Waals surface area contributed by atoms with E-state index in [1.54, 1.807) is 0 Å². The van der Waals surface area contributed by atoms with Gasteiger partial charge >= 0.3 is 0 Å². The van der Waals surface area contributed by atoms with Crippen LogP contribution in [0.4, 0.5) is 0 Å². The predicted molar refractivity (Wildman–Crippen MR) is 68.3 cm³/mol. The van der Waals surface area contributed by atoms with Gasteiger partial charge in [0.25, 0.3) is 0 Å². The Kier molecular flexibility index (Phi) is 3.07. The normalized spacial score (nSPS) is 12.6. The van der Waals surface area contributed by atoms with Gasteiger partial charge in [0.05, 0.1) is 6.10 Å². The minimum Gasteiger partial charge on any atom is -0.388 e. The Balaban J connectivity index is 2.47. The van der Waals surface area contributed by atoms with Gasteiger partial charge in [0, 0.05) is 0 Å².